The maximum Gasteiger partial charge on any atom is 0.243 e. The van der Waals surface area contributed by atoms with E-state index in [9.17, 15) is 8.42 Å². The highest BCUT2D eigenvalue weighted by Crippen LogP contribution is 2.38. The number of benzene rings is 1. The van der Waals surface area contributed by atoms with Gasteiger partial charge >= 0.3 is 0 Å². The van der Waals surface area contributed by atoms with Crippen molar-refractivity contribution in [3.63, 3.8) is 0 Å². The van der Waals surface area contributed by atoms with Crippen molar-refractivity contribution < 1.29 is 8.42 Å². The van der Waals surface area contributed by atoms with E-state index in [1.54, 1.807) is 16.4 Å². The molecule has 1 saturated heterocycles. The summed E-state index contributed by atoms with van der Waals surface area (Å²) in [4.78, 5) is 2.49. The van der Waals surface area contributed by atoms with E-state index in [1.807, 2.05) is 28.8 Å². The molecular formula is C20H24N6O2S. The zero-order valence-corrected chi connectivity index (χ0v) is 17.2. The van der Waals surface area contributed by atoms with Gasteiger partial charge in [0, 0.05) is 32.1 Å². The number of sulfonamides is 1. The van der Waals surface area contributed by atoms with Crippen molar-refractivity contribution >= 4 is 21.5 Å². The Morgan fingerprint density at radius 1 is 0.966 bits per heavy atom. The minimum Gasteiger partial charge on any atom is -0.353 e. The Bertz CT molecular complexity index is 1130. The predicted octanol–water partition coefficient (Wildman–Crippen LogP) is 2.07. The van der Waals surface area contributed by atoms with Gasteiger partial charge in [-0.15, -0.1) is 15.3 Å². The molecule has 3 heterocycles. The van der Waals surface area contributed by atoms with Crippen LogP contribution in [0.5, 0.6) is 0 Å². The normalized spacial score (nSPS) is 18.4. The maximum absolute atomic E-state index is 13.0. The van der Waals surface area contributed by atoms with Crippen molar-refractivity contribution in [2.75, 3.05) is 31.1 Å². The molecule has 0 amide bonds. The Morgan fingerprint density at radius 2 is 1.69 bits per heavy atom. The summed E-state index contributed by atoms with van der Waals surface area (Å²) in [5.74, 6) is 2.23. The first-order valence-electron chi connectivity index (χ1n) is 10.1. The fourth-order valence-corrected chi connectivity index (χ4v) is 5.19. The number of anilines is 1. The van der Waals surface area contributed by atoms with Crippen molar-refractivity contribution in [3.8, 4) is 0 Å². The van der Waals surface area contributed by atoms with Crippen molar-refractivity contribution in [1.82, 2.24) is 24.1 Å². The molecule has 0 atom stereocenters. The number of fused-ring (bicyclic) bond motifs is 1. The zero-order valence-electron chi connectivity index (χ0n) is 16.4. The van der Waals surface area contributed by atoms with Crippen LogP contribution >= 0.6 is 0 Å². The van der Waals surface area contributed by atoms with E-state index >= 15 is 0 Å². The van der Waals surface area contributed by atoms with Crippen LogP contribution in [0.25, 0.3) is 5.65 Å². The van der Waals surface area contributed by atoms with Crippen molar-refractivity contribution in [1.29, 1.82) is 0 Å². The number of hydrogen-bond acceptors (Lipinski definition) is 6. The molecule has 5 rings (SSSR count). The van der Waals surface area contributed by atoms with E-state index in [4.69, 9.17) is 5.10 Å². The molecule has 9 heteroatoms. The molecule has 0 bridgehead atoms. The standard InChI is InChI=1S/C20H24N6O2S/c1-2-15-3-7-17(8-4-15)29(27,28)25-13-11-24(12-14-25)19-10-9-18-21-22-20(16-5-6-16)26(18)23-19/h3-4,7-10,16H,2,5-6,11-14H2,1H3. The fourth-order valence-electron chi connectivity index (χ4n) is 3.76. The van der Waals surface area contributed by atoms with Gasteiger partial charge in [-0.05, 0) is 49.1 Å². The van der Waals surface area contributed by atoms with Crippen LogP contribution < -0.4 is 4.90 Å². The van der Waals surface area contributed by atoms with Gasteiger partial charge in [0.15, 0.2) is 11.5 Å². The molecule has 8 nitrogen and oxygen atoms in total. The average molecular weight is 413 g/mol. The highest BCUT2D eigenvalue weighted by Gasteiger charge is 2.31. The van der Waals surface area contributed by atoms with Crippen LogP contribution in [0.3, 0.4) is 0 Å². The number of hydrogen-bond donors (Lipinski definition) is 0. The zero-order chi connectivity index (χ0) is 20.0. The number of aryl methyl sites for hydroxylation is 1. The van der Waals surface area contributed by atoms with Crippen molar-refractivity contribution in [2.45, 2.75) is 37.0 Å². The molecule has 0 radical (unpaired) electrons. The van der Waals surface area contributed by atoms with Gasteiger partial charge in [0.05, 0.1) is 4.90 Å². The van der Waals surface area contributed by atoms with Crippen molar-refractivity contribution in [3.05, 3.63) is 47.8 Å². The molecule has 0 spiro atoms. The second-order valence-electron chi connectivity index (χ2n) is 7.68. The predicted molar refractivity (Wildman–Crippen MR) is 110 cm³/mol. The highest BCUT2D eigenvalue weighted by atomic mass is 32.2. The minimum absolute atomic E-state index is 0.362. The van der Waals surface area contributed by atoms with Crippen molar-refractivity contribution in [2.24, 2.45) is 0 Å². The Kier molecular flexibility index (Phi) is 4.51. The molecule has 0 unspecified atom stereocenters. The largest absolute Gasteiger partial charge is 0.353 e. The van der Waals surface area contributed by atoms with E-state index in [2.05, 4.69) is 22.0 Å². The first kappa shape index (κ1) is 18.5. The second-order valence-corrected chi connectivity index (χ2v) is 9.62. The van der Waals surface area contributed by atoms with Gasteiger partial charge in [0.25, 0.3) is 0 Å². The molecule has 2 aromatic heterocycles. The lowest BCUT2D eigenvalue weighted by Gasteiger charge is -2.34. The lowest BCUT2D eigenvalue weighted by molar-refractivity contribution is 0.383. The minimum atomic E-state index is -3.47. The Morgan fingerprint density at radius 3 is 2.34 bits per heavy atom. The number of piperazine rings is 1. The Hall–Kier alpha value is -2.52. The van der Waals surface area contributed by atoms with Gasteiger partial charge < -0.3 is 4.90 Å². The number of aromatic nitrogens is 4. The van der Waals surface area contributed by atoms with Crippen LogP contribution in [0, 0.1) is 0 Å². The first-order valence-corrected chi connectivity index (χ1v) is 11.6. The van der Waals surface area contributed by atoms with E-state index in [0.29, 0.717) is 37.0 Å². The smallest absolute Gasteiger partial charge is 0.243 e. The van der Waals surface area contributed by atoms with Gasteiger partial charge in [-0.3, -0.25) is 0 Å². The summed E-state index contributed by atoms with van der Waals surface area (Å²) in [5, 5.41) is 13.2. The highest BCUT2D eigenvalue weighted by molar-refractivity contribution is 7.89. The summed E-state index contributed by atoms with van der Waals surface area (Å²) < 4.78 is 29.3. The maximum atomic E-state index is 13.0. The summed E-state index contributed by atoms with van der Waals surface area (Å²) in [5.41, 5.74) is 1.89. The van der Waals surface area contributed by atoms with Crippen LogP contribution in [0.4, 0.5) is 5.82 Å². The molecule has 0 N–H and O–H groups in total. The average Bonchev–Trinajstić information content (AvgIpc) is 3.52. The lowest BCUT2D eigenvalue weighted by Crippen LogP contribution is -2.49. The summed E-state index contributed by atoms with van der Waals surface area (Å²) in [6, 6.07) is 11.1. The van der Waals surface area contributed by atoms with Gasteiger partial charge in [-0.2, -0.15) is 8.82 Å². The molecule has 2 fully saturated rings. The third-order valence-corrected chi connectivity index (χ3v) is 7.66. The fraction of sp³-hybridized carbons (Fsp3) is 0.450. The topological polar surface area (TPSA) is 83.7 Å². The molecule has 152 valence electrons. The summed E-state index contributed by atoms with van der Waals surface area (Å²) in [6.45, 7) is 4.14. The lowest BCUT2D eigenvalue weighted by atomic mass is 10.2. The molecule has 2 aliphatic rings. The SMILES string of the molecule is CCc1ccc(S(=O)(=O)N2CCN(c3ccc4nnc(C5CC5)n4n3)CC2)cc1. The monoisotopic (exact) mass is 412 g/mol. The second kappa shape index (κ2) is 7.07. The third-order valence-electron chi connectivity index (χ3n) is 5.75. The van der Waals surface area contributed by atoms with Crippen LogP contribution in [0.15, 0.2) is 41.3 Å². The molecule has 1 aliphatic heterocycles. The van der Waals surface area contributed by atoms with Crippen LogP contribution in [0.1, 0.15) is 37.1 Å². The first-order chi connectivity index (χ1) is 14.1. The Labute approximate surface area is 170 Å². The molecule has 1 aromatic carbocycles. The third kappa shape index (κ3) is 3.38. The molecule has 3 aromatic rings. The molecule has 1 aliphatic carbocycles. The summed E-state index contributed by atoms with van der Waals surface area (Å²) >= 11 is 0. The summed E-state index contributed by atoms with van der Waals surface area (Å²) in [6.07, 6.45) is 3.18. The van der Waals surface area contributed by atoms with Crippen LogP contribution in [-0.4, -0.2) is 58.7 Å². The van der Waals surface area contributed by atoms with Crippen LogP contribution in [-0.2, 0) is 16.4 Å². The van der Waals surface area contributed by atoms with E-state index < -0.39 is 10.0 Å². The van der Waals surface area contributed by atoms with Gasteiger partial charge in [0.2, 0.25) is 10.0 Å². The molecule has 29 heavy (non-hydrogen) atoms. The van der Waals surface area contributed by atoms with Gasteiger partial charge in [0.1, 0.15) is 5.82 Å². The van der Waals surface area contributed by atoms with E-state index in [1.165, 1.54) is 0 Å². The van der Waals surface area contributed by atoms with E-state index in [0.717, 1.165) is 42.1 Å². The summed E-state index contributed by atoms with van der Waals surface area (Å²) in [7, 11) is -3.47. The molecule has 1 saturated carbocycles. The number of rotatable bonds is 5. The van der Waals surface area contributed by atoms with Gasteiger partial charge in [-0.25, -0.2) is 8.42 Å². The van der Waals surface area contributed by atoms with E-state index in [-0.39, 0.29) is 0 Å². The quantitative estimate of drug-likeness (QED) is 0.638. The molecular weight excluding hydrogens is 388 g/mol. The number of nitrogens with zero attached hydrogens (tertiary/aromatic N) is 6. The van der Waals surface area contributed by atoms with Gasteiger partial charge in [-0.1, -0.05) is 19.1 Å². The van der Waals surface area contributed by atoms with Crippen LogP contribution in [0.2, 0.25) is 0 Å². The Balaban J connectivity index is 1.32.